The van der Waals surface area contributed by atoms with Crippen molar-refractivity contribution in [2.24, 2.45) is 0 Å². The SMILES string of the molecule is CCN(CC)CCCNCc1cc(Cl)ccc1OCc1ccccc1Cl. The second kappa shape index (κ2) is 11.5. The molecular weight excluding hydrogens is 367 g/mol. The van der Waals surface area contributed by atoms with Crippen molar-refractivity contribution in [1.29, 1.82) is 0 Å². The second-order valence-corrected chi connectivity index (χ2v) is 7.03. The minimum absolute atomic E-state index is 0.441. The second-order valence-electron chi connectivity index (χ2n) is 6.19. The van der Waals surface area contributed by atoms with Gasteiger partial charge in [0.05, 0.1) is 0 Å². The molecule has 0 bridgehead atoms. The van der Waals surface area contributed by atoms with Crippen LogP contribution in [0.25, 0.3) is 0 Å². The van der Waals surface area contributed by atoms with E-state index < -0.39 is 0 Å². The molecule has 0 unspecified atom stereocenters. The summed E-state index contributed by atoms with van der Waals surface area (Å²) in [5.74, 6) is 0.838. The molecule has 0 aliphatic rings. The molecule has 3 nitrogen and oxygen atoms in total. The Kier molecular flexibility index (Phi) is 9.27. The Bertz CT molecular complexity index is 675. The highest BCUT2D eigenvalue weighted by molar-refractivity contribution is 6.31. The van der Waals surface area contributed by atoms with Gasteiger partial charge in [-0.05, 0) is 56.9 Å². The summed E-state index contributed by atoms with van der Waals surface area (Å²) >= 11 is 12.4. The van der Waals surface area contributed by atoms with Gasteiger partial charge in [-0.25, -0.2) is 0 Å². The Balaban J connectivity index is 1.87. The van der Waals surface area contributed by atoms with E-state index in [1.807, 2.05) is 42.5 Å². The van der Waals surface area contributed by atoms with Crippen molar-refractivity contribution in [1.82, 2.24) is 10.2 Å². The summed E-state index contributed by atoms with van der Waals surface area (Å²) in [7, 11) is 0. The molecule has 26 heavy (non-hydrogen) atoms. The van der Waals surface area contributed by atoms with Crippen LogP contribution in [0.15, 0.2) is 42.5 Å². The van der Waals surface area contributed by atoms with Gasteiger partial charge in [-0.3, -0.25) is 0 Å². The van der Waals surface area contributed by atoms with Crippen molar-refractivity contribution in [3.05, 3.63) is 63.6 Å². The fraction of sp³-hybridized carbons (Fsp3) is 0.429. The average molecular weight is 395 g/mol. The summed E-state index contributed by atoms with van der Waals surface area (Å²) in [5, 5.41) is 4.93. The van der Waals surface area contributed by atoms with Crippen molar-refractivity contribution in [3.8, 4) is 5.75 Å². The third kappa shape index (κ3) is 6.81. The van der Waals surface area contributed by atoms with Crippen molar-refractivity contribution in [2.75, 3.05) is 26.2 Å². The van der Waals surface area contributed by atoms with E-state index in [9.17, 15) is 0 Å². The van der Waals surface area contributed by atoms with Crippen LogP contribution >= 0.6 is 23.2 Å². The van der Waals surface area contributed by atoms with Crippen LogP contribution in [-0.2, 0) is 13.2 Å². The van der Waals surface area contributed by atoms with Gasteiger partial charge in [0.15, 0.2) is 0 Å². The number of ether oxygens (including phenoxy) is 1. The maximum absolute atomic E-state index is 6.21. The van der Waals surface area contributed by atoms with Crippen LogP contribution in [0.4, 0.5) is 0 Å². The first kappa shape index (κ1) is 21.0. The first-order valence-electron chi connectivity index (χ1n) is 9.21. The van der Waals surface area contributed by atoms with E-state index in [1.54, 1.807) is 0 Å². The molecule has 0 heterocycles. The van der Waals surface area contributed by atoms with E-state index in [0.29, 0.717) is 6.61 Å². The molecule has 1 N–H and O–H groups in total. The molecule has 0 spiro atoms. The number of nitrogens with one attached hydrogen (secondary N) is 1. The largest absolute Gasteiger partial charge is 0.489 e. The lowest BCUT2D eigenvalue weighted by molar-refractivity contribution is 0.295. The monoisotopic (exact) mass is 394 g/mol. The quantitative estimate of drug-likeness (QED) is 0.516. The Morgan fingerprint density at radius 3 is 2.50 bits per heavy atom. The van der Waals surface area contributed by atoms with Crippen LogP contribution in [0.3, 0.4) is 0 Å². The average Bonchev–Trinajstić information content (AvgIpc) is 2.65. The summed E-state index contributed by atoms with van der Waals surface area (Å²) in [6.45, 7) is 9.86. The molecule has 0 fully saturated rings. The molecule has 5 heteroatoms. The van der Waals surface area contributed by atoms with E-state index in [1.165, 1.54) is 0 Å². The van der Waals surface area contributed by atoms with Gasteiger partial charge in [0, 0.05) is 27.7 Å². The minimum atomic E-state index is 0.441. The third-order valence-corrected chi connectivity index (χ3v) is 5.01. The molecule has 0 radical (unpaired) electrons. The zero-order chi connectivity index (χ0) is 18.8. The first-order chi connectivity index (χ1) is 12.6. The van der Waals surface area contributed by atoms with Gasteiger partial charge in [-0.1, -0.05) is 55.2 Å². The van der Waals surface area contributed by atoms with Gasteiger partial charge in [-0.15, -0.1) is 0 Å². The smallest absolute Gasteiger partial charge is 0.124 e. The van der Waals surface area contributed by atoms with Crippen LogP contribution in [0.2, 0.25) is 10.0 Å². The molecule has 0 atom stereocenters. The molecule has 0 aromatic heterocycles. The van der Waals surface area contributed by atoms with Crippen LogP contribution in [0, 0.1) is 0 Å². The minimum Gasteiger partial charge on any atom is -0.489 e. The van der Waals surface area contributed by atoms with Gasteiger partial charge in [-0.2, -0.15) is 0 Å². The first-order valence-corrected chi connectivity index (χ1v) is 9.97. The molecule has 2 aromatic rings. The molecule has 0 amide bonds. The highest BCUT2D eigenvalue weighted by Gasteiger charge is 2.07. The normalized spacial score (nSPS) is 11.1. The summed E-state index contributed by atoms with van der Waals surface area (Å²) in [4.78, 5) is 2.43. The van der Waals surface area contributed by atoms with Crippen LogP contribution < -0.4 is 10.1 Å². The molecular formula is C21H28Cl2N2O. The Labute approximate surface area is 167 Å². The zero-order valence-electron chi connectivity index (χ0n) is 15.6. The summed E-state index contributed by atoms with van der Waals surface area (Å²) in [6.07, 6.45) is 1.12. The van der Waals surface area contributed by atoms with Crippen LogP contribution in [0.5, 0.6) is 5.75 Å². The summed E-state index contributed by atoms with van der Waals surface area (Å²) in [6, 6.07) is 13.5. The lowest BCUT2D eigenvalue weighted by Gasteiger charge is -2.18. The molecule has 0 aliphatic heterocycles. The number of benzene rings is 2. The van der Waals surface area contributed by atoms with Gasteiger partial charge in [0.25, 0.3) is 0 Å². The fourth-order valence-corrected chi connectivity index (χ4v) is 3.17. The number of rotatable bonds is 11. The van der Waals surface area contributed by atoms with E-state index in [4.69, 9.17) is 27.9 Å². The maximum Gasteiger partial charge on any atom is 0.124 e. The van der Waals surface area contributed by atoms with Crippen molar-refractivity contribution in [3.63, 3.8) is 0 Å². The molecule has 0 saturated carbocycles. The van der Waals surface area contributed by atoms with E-state index in [2.05, 4.69) is 24.1 Å². The van der Waals surface area contributed by atoms with Gasteiger partial charge in [0.2, 0.25) is 0 Å². The molecule has 2 aromatic carbocycles. The number of hydrogen-bond donors (Lipinski definition) is 1. The number of halogens is 2. The van der Waals surface area contributed by atoms with E-state index in [-0.39, 0.29) is 0 Å². The Hall–Kier alpha value is -1.26. The topological polar surface area (TPSA) is 24.5 Å². The Morgan fingerprint density at radius 2 is 1.77 bits per heavy atom. The number of nitrogens with zero attached hydrogens (tertiary/aromatic N) is 1. The molecule has 142 valence electrons. The predicted molar refractivity (Wildman–Crippen MR) is 111 cm³/mol. The van der Waals surface area contributed by atoms with Gasteiger partial charge >= 0.3 is 0 Å². The van der Waals surface area contributed by atoms with E-state index in [0.717, 1.165) is 66.1 Å². The molecule has 0 saturated heterocycles. The Morgan fingerprint density at radius 1 is 1.00 bits per heavy atom. The van der Waals surface area contributed by atoms with Crippen molar-refractivity contribution in [2.45, 2.75) is 33.4 Å². The van der Waals surface area contributed by atoms with Gasteiger partial charge in [0.1, 0.15) is 12.4 Å². The third-order valence-electron chi connectivity index (χ3n) is 4.40. The highest BCUT2D eigenvalue weighted by atomic mass is 35.5. The standard InChI is InChI=1S/C21H28Cl2N2O/c1-3-25(4-2)13-7-12-24-15-18-14-19(22)10-11-21(18)26-16-17-8-5-6-9-20(17)23/h5-6,8-11,14,24H,3-4,7,12-13,15-16H2,1-2H3. The fourth-order valence-electron chi connectivity index (χ4n) is 2.79. The van der Waals surface area contributed by atoms with Crippen molar-refractivity contribution >= 4 is 23.2 Å². The van der Waals surface area contributed by atoms with Gasteiger partial charge < -0.3 is 15.0 Å². The number of hydrogen-bond acceptors (Lipinski definition) is 3. The highest BCUT2D eigenvalue weighted by Crippen LogP contribution is 2.25. The zero-order valence-corrected chi connectivity index (χ0v) is 17.1. The maximum atomic E-state index is 6.21. The predicted octanol–water partition coefficient (Wildman–Crippen LogP) is 5.39. The lowest BCUT2D eigenvalue weighted by Crippen LogP contribution is -2.27. The molecule has 2 rings (SSSR count). The van der Waals surface area contributed by atoms with E-state index >= 15 is 0 Å². The lowest BCUT2D eigenvalue weighted by atomic mass is 10.2. The summed E-state index contributed by atoms with van der Waals surface area (Å²) in [5.41, 5.74) is 2.04. The van der Waals surface area contributed by atoms with Crippen molar-refractivity contribution < 1.29 is 4.74 Å². The summed E-state index contributed by atoms with van der Waals surface area (Å²) < 4.78 is 6.00. The van der Waals surface area contributed by atoms with Crippen LogP contribution in [-0.4, -0.2) is 31.1 Å². The molecule has 0 aliphatic carbocycles. The van der Waals surface area contributed by atoms with Crippen LogP contribution in [0.1, 0.15) is 31.4 Å².